The molecule has 0 unspecified atom stereocenters. The molecule has 0 amide bonds. The number of ether oxygens (including phenoxy) is 2. The van der Waals surface area contributed by atoms with Crippen LogP contribution in [0.5, 0.6) is 5.75 Å². The van der Waals surface area contributed by atoms with Gasteiger partial charge >= 0.3 is 5.97 Å². The van der Waals surface area contributed by atoms with Crippen molar-refractivity contribution >= 4 is 12.0 Å². The lowest BCUT2D eigenvalue weighted by atomic mass is 10.1. The Morgan fingerprint density at radius 3 is 2.65 bits per heavy atom. The van der Waals surface area contributed by atoms with E-state index in [0.717, 1.165) is 6.20 Å². The summed E-state index contributed by atoms with van der Waals surface area (Å²) in [7, 11) is 2.68. The average molecular weight is 237 g/mol. The summed E-state index contributed by atoms with van der Waals surface area (Å²) in [6.07, 6.45) is 2.08. The molecule has 1 rings (SSSR count). The fraction of sp³-hybridized carbons (Fsp3) is 0.182. The Kier molecular flexibility index (Phi) is 4.21. The summed E-state index contributed by atoms with van der Waals surface area (Å²) < 4.78 is 9.57. The zero-order valence-electron chi connectivity index (χ0n) is 9.38. The molecule has 0 bridgehead atoms. The lowest BCUT2D eigenvalue weighted by molar-refractivity contribution is -0.400. The molecule has 1 aromatic carbocycles. The molecule has 1 aromatic rings. The Morgan fingerprint density at radius 2 is 2.12 bits per heavy atom. The standard InChI is InChI=1S/C11H11NO5/c1-16-10-4-3-8(5-6-12(14)15)7-9(10)11(13)17-2/h3-7H,1-2H3/b6-5+. The lowest BCUT2D eigenvalue weighted by Crippen LogP contribution is -2.04. The van der Waals surface area contributed by atoms with Gasteiger partial charge < -0.3 is 9.47 Å². The van der Waals surface area contributed by atoms with Gasteiger partial charge in [0.25, 0.3) is 0 Å². The van der Waals surface area contributed by atoms with Crippen LogP contribution in [0.15, 0.2) is 24.4 Å². The second-order valence-electron chi connectivity index (χ2n) is 3.05. The first-order valence-corrected chi connectivity index (χ1v) is 4.66. The zero-order chi connectivity index (χ0) is 12.8. The molecule has 0 radical (unpaired) electrons. The van der Waals surface area contributed by atoms with Crippen molar-refractivity contribution in [2.24, 2.45) is 0 Å². The Morgan fingerprint density at radius 1 is 1.41 bits per heavy atom. The van der Waals surface area contributed by atoms with Crippen LogP contribution >= 0.6 is 0 Å². The highest BCUT2D eigenvalue weighted by Crippen LogP contribution is 2.21. The summed E-state index contributed by atoms with van der Waals surface area (Å²) in [6.45, 7) is 0. The van der Waals surface area contributed by atoms with Gasteiger partial charge in [-0.15, -0.1) is 0 Å². The average Bonchev–Trinajstić information content (AvgIpc) is 2.34. The summed E-state index contributed by atoms with van der Waals surface area (Å²) in [5, 5.41) is 10.2. The molecule has 0 saturated heterocycles. The highest BCUT2D eigenvalue weighted by molar-refractivity contribution is 5.93. The van der Waals surface area contributed by atoms with E-state index in [4.69, 9.17) is 4.74 Å². The first-order chi connectivity index (χ1) is 8.08. The number of carbonyl (C=O) groups excluding carboxylic acids is 1. The van der Waals surface area contributed by atoms with Crippen LogP contribution in [0.4, 0.5) is 0 Å². The minimum atomic E-state index is -0.581. The van der Waals surface area contributed by atoms with Gasteiger partial charge in [-0.05, 0) is 17.7 Å². The van der Waals surface area contributed by atoms with Crippen LogP contribution in [-0.2, 0) is 4.74 Å². The number of carbonyl (C=O) groups is 1. The Bertz CT molecular complexity index is 467. The predicted octanol–water partition coefficient (Wildman–Crippen LogP) is 1.73. The molecule has 0 N–H and O–H groups in total. The van der Waals surface area contributed by atoms with Gasteiger partial charge in [0.1, 0.15) is 11.3 Å². The van der Waals surface area contributed by atoms with Crippen LogP contribution in [0.3, 0.4) is 0 Å². The molecular weight excluding hydrogens is 226 g/mol. The van der Waals surface area contributed by atoms with Crippen LogP contribution < -0.4 is 4.74 Å². The van der Waals surface area contributed by atoms with Crippen LogP contribution in [0.2, 0.25) is 0 Å². The minimum absolute atomic E-state index is 0.223. The van der Waals surface area contributed by atoms with Crippen LogP contribution in [-0.4, -0.2) is 25.1 Å². The van der Waals surface area contributed by atoms with Gasteiger partial charge in [-0.3, -0.25) is 10.1 Å². The second-order valence-corrected chi connectivity index (χ2v) is 3.05. The van der Waals surface area contributed by atoms with Gasteiger partial charge in [-0.25, -0.2) is 4.79 Å². The van der Waals surface area contributed by atoms with Crippen molar-refractivity contribution in [3.8, 4) is 5.75 Å². The van der Waals surface area contributed by atoms with E-state index in [2.05, 4.69) is 4.74 Å². The molecule has 0 atom stereocenters. The number of methoxy groups -OCH3 is 2. The smallest absolute Gasteiger partial charge is 0.341 e. The molecule has 0 aliphatic heterocycles. The van der Waals surface area contributed by atoms with E-state index in [1.807, 2.05) is 0 Å². The van der Waals surface area contributed by atoms with E-state index in [0.29, 0.717) is 11.3 Å². The number of benzene rings is 1. The van der Waals surface area contributed by atoms with Crippen molar-refractivity contribution in [3.63, 3.8) is 0 Å². The minimum Gasteiger partial charge on any atom is -0.496 e. The molecule has 0 aliphatic carbocycles. The van der Waals surface area contributed by atoms with E-state index in [-0.39, 0.29) is 5.56 Å². The predicted molar refractivity (Wildman–Crippen MR) is 60.4 cm³/mol. The van der Waals surface area contributed by atoms with Gasteiger partial charge in [0.2, 0.25) is 6.20 Å². The third-order valence-electron chi connectivity index (χ3n) is 2.02. The maximum atomic E-state index is 11.4. The van der Waals surface area contributed by atoms with E-state index in [1.54, 1.807) is 12.1 Å². The van der Waals surface area contributed by atoms with E-state index in [9.17, 15) is 14.9 Å². The molecule has 0 heterocycles. The third-order valence-corrected chi connectivity index (χ3v) is 2.02. The molecular formula is C11H11NO5. The maximum absolute atomic E-state index is 11.4. The van der Waals surface area contributed by atoms with Crippen molar-refractivity contribution in [3.05, 3.63) is 45.6 Å². The topological polar surface area (TPSA) is 78.7 Å². The zero-order valence-corrected chi connectivity index (χ0v) is 9.38. The molecule has 0 saturated carbocycles. The van der Waals surface area contributed by atoms with Gasteiger partial charge in [-0.1, -0.05) is 6.07 Å². The highest BCUT2D eigenvalue weighted by atomic mass is 16.6. The van der Waals surface area contributed by atoms with Crippen LogP contribution in [0.25, 0.3) is 6.08 Å². The number of hydrogen-bond acceptors (Lipinski definition) is 5. The van der Waals surface area contributed by atoms with E-state index < -0.39 is 10.9 Å². The molecule has 0 spiro atoms. The molecule has 0 aliphatic rings. The highest BCUT2D eigenvalue weighted by Gasteiger charge is 2.12. The number of hydrogen-bond donors (Lipinski definition) is 0. The van der Waals surface area contributed by atoms with Gasteiger partial charge in [0.15, 0.2) is 0 Å². The summed E-state index contributed by atoms with van der Waals surface area (Å²) in [4.78, 5) is 21.0. The van der Waals surface area contributed by atoms with Crippen molar-refractivity contribution in [1.82, 2.24) is 0 Å². The van der Waals surface area contributed by atoms with E-state index in [1.165, 1.54) is 26.4 Å². The van der Waals surface area contributed by atoms with Gasteiger partial charge in [0, 0.05) is 6.08 Å². The summed E-state index contributed by atoms with van der Waals surface area (Å²) in [6, 6.07) is 4.61. The fourth-order valence-corrected chi connectivity index (χ4v) is 1.25. The van der Waals surface area contributed by atoms with Crippen LogP contribution in [0, 0.1) is 10.1 Å². The van der Waals surface area contributed by atoms with Crippen LogP contribution in [0.1, 0.15) is 15.9 Å². The summed E-state index contributed by atoms with van der Waals surface area (Å²) in [5.41, 5.74) is 0.739. The molecule has 6 nitrogen and oxygen atoms in total. The fourth-order valence-electron chi connectivity index (χ4n) is 1.25. The number of nitrogens with zero attached hydrogens (tertiary/aromatic N) is 1. The lowest BCUT2D eigenvalue weighted by Gasteiger charge is -2.06. The van der Waals surface area contributed by atoms with Crippen molar-refractivity contribution < 1.29 is 19.2 Å². The van der Waals surface area contributed by atoms with Crippen molar-refractivity contribution in [1.29, 1.82) is 0 Å². The largest absolute Gasteiger partial charge is 0.496 e. The Labute approximate surface area is 97.6 Å². The summed E-state index contributed by atoms with van der Waals surface area (Å²) >= 11 is 0. The Balaban J connectivity index is 3.13. The molecule has 17 heavy (non-hydrogen) atoms. The molecule has 90 valence electrons. The normalized spacial score (nSPS) is 10.2. The van der Waals surface area contributed by atoms with Gasteiger partial charge in [0.05, 0.1) is 19.1 Å². The maximum Gasteiger partial charge on any atom is 0.341 e. The third kappa shape index (κ3) is 3.30. The van der Waals surface area contributed by atoms with Gasteiger partial charge in [-0.2, -0.15) is 0 Å². The first-order valence-electron chi connectivity index (χ1n) is 4.66. The van der Waals surface area contributed by atoms with E-state index >= 15 is 0 Å². The Hall–Kier alpha value is -2.37. The monoisotopic (exact) mass is 237 g/mol. The number of rotatable bonds is 4. The summed E-state index contributed by atoms with van der Waals surface area (Å²) in [5.74, 6) is -0.201. The SMILES string of the molecule is COC(=O)c1cc(/C=C/[N+](=O)[O-])ccc1OC. The quantitative estimate of drug-likeness (QED) is 0.452. The molecule has 0 aromatic heterocycles. The first kappa shape index (κ1) is 12.7. The molecule has 0 fully saturated rings. The number of esters is 1. The van der Waals surface area contributed by atoms with Crippen molar-refractivity contribution in [2.75, 3.05) is 14.2 Å². The molecule has 6 heteroatoms. The van der Waals surface area contributed by atoms with Crippen molar-refractivity contribution in [2.45, 2.75) is 0 Å². The number of nitro groups is 1. The second kappa shape index (κ2) is 5.64.